The van der Waals surface area contributed by atoms with Crippen LogP contribution >= 0.6 is 0 Å². The van der Waals surface area contributed by atoms with E-state index < -0.39 is 11.9 Å². The SMILES string of the molecule is COc1ccc(C(CC(N)=O)Nc2ncnc3c2CN(c2ccc(C)cc2C#N)CC3)cn1. The third-order valence-corrected chi connectivity index (χ3v) is 5.70. The number of carbonyl (C=O) groups is 1. The second kappa shape index (κ2) is 9.53. The average Bonchev–Trinajstić information content (AvgIpc) is 2.83. The Morgan fingerprint density at radius 3 is 2.85 bits per heavy atom. The number of nitriles is 1. The number of aryl methyl sites for hydroxylation is 1. The molecule has 0 aliphatic carbocycles. The third kappa shape index (κ3) is 4.85. The lowest BCUT2D eigenvalue weighted by Crippen LogP contribution is -2.33. The summed E-state index contributed by atoms with van der Waals surface area (Å²) in [6.07, 6.45) is 3.98. The van der Waals surface area contributed by atoms with Crippen molar-refractivity contribution in [3.8, 4) is 11.9 Å². The fourth-order valence-electron chi connectivity index (χ4n) is 4.02. The number of anilines is 2. The quantitative estimate of drug-likeness (QED) is 0.570. The summed E-state index contributed by atoms with van der Waals surface area (Å²) in [6.45, 7) is 3.26. The number of benzene rings is 1. The van der Waals surface area contributed by atoms with E-state index in [1.54, 1.807) is 19.4 Å². The predicted molar refractivity (Wildman–Crippen MR) is 124 cm³/mol. The number of rotatable bonds is 7. The smallest absolute Gasteiger partial charge is 0.219 e. The van der Waals surface area contributed by atoms with Crippen molar-refractivity contribution < 1.29 is 9.53 Å². The molecule has 0 saturated carbocycles. The number of nitrogens with zero attached hydrogens (tertiary/aromatic N) is 5. The number of methoxy groups -OCH3 is 1. The average molecular weight is 444 g/mol. The monoisotopic (exact) mass is 443 g/mol. The van der Waals surface area contributed by atoms with Gasteiger partial charge >= 0.3 is 0 Å². The van der Waals surface area contributed by atoms with Gasteiger partial charge < -0.3 is 20.7 Å². The van der Waals surface area contributed by atoms with Crippen molar-refractivity contribution in [2.24, 2.45) is 5.73 Å². The highest BCUT2D eigenvalue weighted by atomic mass is 16.5. The van der Waals surface area contributed by atoms with Crippen LogP contribution in [0.4, 0.5) is 11.5 Å². The van der Waals surface area contributed by atoms with Crippen LogP contribution in [0.15, 0.2) is 42.9 Å². The van der Waals surface area contributed by atoms with Crippen LogP contribution in [0.1, 0.15) is 40.4 Å². The van der Waals surface area contributed by atoms with E-state index in [9.17, 15) is 10.1 Å². The first-order chi connectivity index (χ1) is 16.0. The molecule has 4 rings (SSSR count). The molecule has 1 aliphatic rings. The molecular weight excluding hydrogens is 418 g/mol. The van der Waals surface area contributed by atoms with Crippen molar-refractivity contribution in [1.82, 2.24) is 15.0 Å². The summed E-state index contributed by atoms with van der Waals surface area (Å²) < 4.78 is 5.13. The highest BCUT2D eigenvalue weighted by Gasteiger charge is 2.25. The maximum atomic E-state index is 11.8. The summed E-state index contributed by atoms with van der Waals surface area (Å²) >= 11 is 0. The third-order valence-electron chi connectivity index (χ3n) is 5.70. The number of primary amides is 1. The Morgan fingerprint density at radius 2 is 2.15 bits per heavy atom. The van der Waals surface area contributed by atoms with Crippen LogP contribution in [0.3, 0.4) is 0 Å². The van der Waals surface area contributed by atoms with Crippen LogP contribution in [0, 0.1) is 18.3 Å². The maximum Gasteiger partial charge on any atom is 0.219 e. The molecule has 1 atom stereocenters. The van der Waals surface area contributed by atoms with E-state index >= 15 is 0 Å². The van der Waals surface area contributed by atoms with Gasteiger partial charge in [0.15, 0.2) is 0 Å². The van der Waals surface area contributed by atoms with E-state index in [1.165, 1.54) is 6.33 Å². The van der Waals surface area contributed by atoms with Crippen molar-refractivity contribution in [1.29, 1.82) is 5.26 Å². The van der Waals surface area contributed by atoms with Gasteiger partial charge in [0.2, 0.25) is 11.8 Å². The first kappa shape index (κ1) is 22.0. The van der Waals surface area contributed by atoms with Crippen LogP contribution < -0.4 is 20.7 Å². The van der Waals surface area contributed by atoms with Gasteiger partial charge in [-0.2, -0.15) is 5.26 Å². The molecule has 1 aromatic carbocycles. The van der Waals surface area contributed by atoms with Crippen LogP contribution in [0.25, 0.3) is 0 Å². The number of carbonyl (C=O) groups excluding carboxylic acids is 1. The van der Waals surface area contributed by atoms with Crippen molar-refractivity contribution in [3.63, 3.8) is 0 Å². The summed E-state index contributed by atoms with van der Waals surface area (Å²) in [5.74, 6) is 0.682. The molecule has 0 bridgehead atoms. The Bertz CT molecular complexity index is 1200. The summed E-state index contributed by atoms with van der Waals surface area (Å²) in [5, 5.41) is 13.0. The predicted octanol–water partition coefficient (Wildman–Crippen LogP) is 2.65. The number of hydrogen-bond acceptors (Lipinski definition) is 8. The van der Waals surface area contributed by atoms with Gasteiger partial charge in [-0.1, -0.05) is 12.1 Å². The lowest BCUT2D eigenvalue weighted by molar-refractivity contribution is -0.118. The molecule has 0 fully saturated rings. The molecular formula is C24H25N7O2. The zero-order valence-corrected chi connectivity index (χ0v) is 18.6. The Morgan fingerprint density at radius 1 is 1.30 bits per heavy atom. The van der Waals surface area contributed by atoms with Gasteiger partial charge in [-0.05, 0) is 30.2 Å². The molecule has 0 spiro atoms. The number of nitrogens with two attached hydrogens (primary N) is 1. The Kier molecular flexibility index (Phi) is 6.36. The van der Waals surface area contributed by atoms with Crippen LogP contribution in [0.2, 0.25) is 0 Å². The van der Waals surface area contributed by atoms with Gasteiger partial charge in [0.25, 0.3) is 0 Å². The number of amides is 1. The minimum absolute atomic E-state index is 0.0764. The van der Waals surface area contributed by atoms with Gasteiger partial charge in [-0.3, -0.25) is 4.79 Å². The number of aromatic nitrogens is 3. The van der Waals surface area contributed by atoms with E-state index in [0.29, 0.717) is 23.8 Å². The summed E-state index contributed by atoms with van der Waals surface area (Å²) in [5.41, 5.74) is 10.8. The normalized spacial score (nSPS) is 13.5. The van der Waals surface area contributed by atoms with E-state index in [2.05, 4.69) is 31.2 Å². The topological polar surface area (TPSA) is 130 Å². The van der Waals surface area contributed by atoms with Crippen molar-refractivity contribution in [3.05, 3.63) is 70.8 Å². The number of nitrogens with one attached hydrogen (secondary N) is 1. The highest BCUT2D eigenvalue weighted by molar-refractivity contribution is 5.75. The van der Waals surface area contributed by atoms with Crippen molar-refractivity contribution >= 4 is 17.4 Å². The molecule has 3 N–H and O–H groups in total. The fourth-order valence-corrected chi connectivity index (χ4v) is 4.02. The van der Waals surface area contributed by atoms with Crippen LogP contribution in [-0.2, 0) is 17.8 Å². The number of pyridine rings is 1. The fraction of sp³-hybridized carbons (Fsp3) is 0.292. The molecule has 1 aliphatic heterocycles. The van der Waals surface area contributed by atoms with E-state index in [-0.39, 0.29) is 6.42 Å². The van der Waals surface area contributed by atoms with E-state index in [1.807, 2.05) is 31.2 Å². The summed E-state index contributed by atoms with van der Waals surface area (Å²) in [6, 6.07) is 11.4. The molecule has 33 heavy (non-hydrogen) atoms. The van der Waals surface area contributed by atoms with Crippen LogP contribution in [-0.4, -0.2) is 34.5 Å². The Hall–Kier alpha value is -4.19. The molecule has 1 unspecified atom stereocenters. The van der Waals surface area contributed by atoms with E-state index in [4.69, 9.17) is 10.5 Å². The zero-order valence-electron chi connectivity index (χ0n) is 18.6. The molecule has 1 amide bonds. The minimum Gasteiger partial charge on any atom is -0.481 e. The first-order valence-corrected chi connectivity index (χ1v) is 10.6. The molecule has 9 heteroatoms. The van der Waals surface area contributed by atoms with Gasteiger partial charge in [0.1, 0.15) is 18.2 Å². The molecule has 0 saturated heterocycles. The standard InChI is InChI=1S/C24H25N7O2/c1-15-3-5-21(17(9-15)11-25)31-8-7-19-18(13-31)24(29-14-28-19)30-20(10-22(26)32)16-4-6-23(33-2)27-12-16/h3-6,9,12,14,20H,7-8,10,13H2,1-2H3,(H2,26,32)(H,28,29,30). The second-order valence-electron chi connectivity index (χ2n) is 7.95. The highest BCUT2D eigenvalue weighted by Crippen LogP contribution is 2.31. The van der Waals surface area contributed by atoms with Gasteiger partial charge in [-0.25, -0.2) is 15.0 Å². The number of hydrogen-bond donors (Lipinski definition) is 2. The molecule has 3 aromatic rings. The summed E-state index contributed by atoms with van der Waals surface area (Å²) in [7, 11) is 1.55. The zero-order chi connectivity index (χ0) is 23.4. The Balaban J connectivity index is 1.65. The largest absolute Gasteiger partial charge is 0.481 e. The summed E-state index contributed by atoms with van der Waals surface area (Å²) in [4.78, 5) is 27.1. The van der Waals surface area contributed by atoms with Crippen molar-refractivity contribution in [2.45, 2.75) is 32.4 Å². The molecule has 3 heterocycles. The van der Waals surface area contributed by atoms with Gasteiger partial charge in [0, 0.05) is 37.3 Å². The lowest BCUT2D eigenvalue weighted by atomic mass is 10.0. The maximum absolute atomic E-state index is 11.8. The Labute approximate surface area is 192 Å². The lowest BCUT2D eigenvalue weighted by Gasteiger charge is -2.32. The van der Waals surface area contributed by atoms with Gasteiger partial charge in [0.05, 0.1) is 36.5 Å². The number of fused-ring (bicyclic) bond motifs is 1. The van der Waals surface area contributed by atoms with Crippen molar-refractivity contribution in [2.75, 3.05) is 23.9 Å². The van der Waals surface area contributed by atoms with Crippen LogP contribution in [0.5, 0.6) is 5.88 Å². The molecule has 9 nitrogen and oxygen atoms in total. The molecule has 0 radical (unpaired) electrons. The molecule has 168 valence electrons. The van der Waals surface area contributed by atoms with Gasteiger partial charge in [-0.15, -0.1) is 0 Å². The second-order valence-corrected chi connectivity index (χ2v) is 7.95. The first-order valence-electron chi connectivity index (χ1n) is 10.6. The molecule has 2 aromatic heterocycles. The van der Waals surface area contributed by atoms with E-state index in [0.717, 1.165) is 41.0 Å². The number of ether oxygens (including phenoxy) is 1. The minimum atomic E-state index is -0.439.